The van der Waals surface area contributed by atoms with Gasteiger partial charge in [-0.25, -0.2) is 13.4 Å². The molecule has 0 bridgehead atoms. The van der Waals surface area contributed by atoms with E-state index in [0.29, 0.717) is 43.5 Å². The molecule has 0 spiro atoms. The van der Waals surface area contributed by atoms with Crippen molar-refractivity contribution in [2.24, 2.45) is 5.92 Å². The Labute approximate surface area is 315 Å². The number of rotatable bonds is 19. The predicted octanol–water partition coefficient (Wildman–Crippen LogP) is 8.82. The Bertz CT molecular complexity index is 1930. The van der Waals surface area contributed by atoms with Crippen LogP contribution in [-0.4, -0.2) is 78.1 Å². The fourth-order valence-electron chi connectivity index (χ4n) is 7.02. The van der Waals surface area contributed by atoms with Gasteiger partial charge >= 0.3 is 0 Å². The molecule has 0 saturated heterocycles. The van der Waals surface area contributed by atoms with E-state index in [1.165, 1.54) is 11.1 Å². The molecule has 2 aromatic heterocycles. The molecular weight excluding hydrogens is 690 g/mol. The molecule has 2 heterocycles. The van der Waals surface area contributed by atoms with E-state index in [-0.39, 0.29) is 12.0 Å². The Kier molecular flexibility index (Phi) is 14.4. The quantitative estimate of drug-likeness (QED) is 0.0956. The van der Waals surface area contributed by atoms with Gasteiger partial charge in [0.2, 0.25) is 10.0 Å². The maximum atomic E-state index is 14.5. The zero-order chi connectivity index (χ0) is 37.1. The van der Waals surface area contributed by atoms with Crippen LogP contribution in [-0.2, 0) is 21.3 Å². The van der Waals surface area contributed by atoms with Gasteiger partial charge in [-0.15, -0.1) is 0 Å². The molecule has 1 aliphatic rings. The number of aromatic nitrogens is 3. The van der Waals surface area contributed by atoms with Crippen LogP contribution in [0.15, 0.2) is 108 Å². The summed E-state index contributed by atoms with van der Waals surface area (Å²) < 4.78 is 38.6. The van der Waals surface area contributed by atoms with Crippen LogP contribution in [0.2, 0.25) is 5.02 Å². The average molecular weight is 744 g/mol. The lowest BCUT2D eigenvalue weighted by atomic mass is 9.86. The first-order valence-corrected chi connectivity index (χ1v) is 20.3. The summed E-state index contributed by atoms with van der Waals surface area (Å²) in [5.74, 6) is 1.46. The number of nitrogens with zero attached hydrogens (tertiary/aromatic N) is 5. The van der Waals surface area contributed by atoms with Crippen molar-refractivity contribution in [1.82, 2.24) is 23.7 Å². The lowest BCUT2D eigenvalue weighted by molar-refractivity contribution is 0.0874. The lowest BCUT2D eigenvalue weighted by Gasteiger charge is -2.32. The molecule has 8 nitrogen and oxygen atoms in total. The molecule has 0 fully saturated rings. The molecule has 2 atom stereocenters. The highest BCUT2D eigenvalue weighted by molar-refractivity contribution is 7.89. The third-order valence-corrected chi connectivity index (χ3v) is 12.0. The molecule has 0 saturated carbocycles. The predicted molar refractivity (Wildman–Crippen MR) is 213 cm³/mol. The fourth-order valence-corrected chi connectivity index (χ4v) is 8.81. The number of benzene rings is 2. The molecule has 1 unspecified atom stereocenters. The first-order chi connectivity index (χ1) is 25.1. The third kappa shape index (κ3) is 10.5. The largest absolute Gasteiger partial charge is 0.380 e. The molecule has 5 rings (SSSR count). The van der Waals surface area contributed by atoms with E-state index in [4.69, 9.17) is 16.3 Å². The number of ether oxygens (including phenoxy) is 1. The lowest BCUT2D eigenvalue weighted by Crippen LogP contribution is -2.45. The molecule has 2 aromatic carbocycles. The third-order valence-electron chi connectivity index (χ3n) is 9.74. The van der Waals surface area contributed by atoms with Gasteiger partial charge in [0.1, 0.15) is 11.3 Å². The molecule has 4 aromatic rings. The van der Waals surface area contributed by atoms with Crippen LogP contribution in [0, 0.1) is 12.8 Å². The SMILES string of the molecule is CCOC[C@H](CC(C)C)N(CCCN(C)CCC(C1=CC=CC=CC1)c1ccc(Cl)cc1)S(=O)(=O)c1ccc(Cn2c(C)nc3cnccc32)cc1. The van der Waals surface area contributed by atoms with E-state index in [9.17, 15) is 8.42 Å². The van der Waals surface area contributed by atoms with E-state index >= 15 is 0 Å². The zero-order valence-electron chi connectivity index (χ0n) is 31.3. The molecular formula is C42H54ClN5O3S. The van der Waals surface area contributed by atoms with Crippen LogP contribution in [0.4, 0.5) is 0 Å². The number of fused-ring (bicyclic) bond motifs is 1. The highest BCUT2D eigenvalue weighted by Gasteiger charge is 2.32. The van der Waals surface area contributed by atoms with Gasteiger partial charge < -0.3 is 14.2 Å². The standard InChI is InChI=1S/C42H54ClN5O3S/c1-6-51-31-38(28-32(2)3)48(52(49,50)39-20-14-34(15-21-39)30-47-33(4)45-41-29-44-24-22-42(41)47)26-11-25-46(5)27-23-40(35-12-9-7-8-10-13-35)36-16-18-37(43)19-17-36/h7-10,12,14-22,24,29,32,38,40H,6,11,13,23,25-28,30-31H2,1-5H3/t38-,40?/m0/s1. The summed E-state index contributed by atoms with van der Waals surface area (Å²) in [7, 11) is -1.67. The Morgan fingerprint density at radius 2 is 1.75 bits per heavy atom. The van der Waals surface area contributed by atoms with Gasteiger partial charge in [-0.3, -0.25) is 4.98 Å². The smallest absolute Gasteiger partial charge is 0.243 e. The van der Waals surface area contributed by atoms with E-state index in [1.54, 1.807) is 28.8 Å². The summed E-state index contributed by atoms with van der Waals surface area (Å²) in [4.78, 5) is 11.4. The van der Waals surface area contributed by atoms with Crippen molar-refractivity contribution in [3.8, 4) is 0 Å². The minimum absolute atomic E-state index is 0.263. The highest BCUT2D eigenvalue weighted by Crippen LogP contribution is 2.32. The van der Waals surface area contributed by atoms with Gasteiger partial charge in [0.05, 0.1) is 23.2 Å². The molecule has 0 N–H and O–H groups in total. The number of hydrogen-bond donors (Lipinski definition) is 0. The van der Waals surface area contributed by atoms with Crippen LogP contribution in [0.25, 0.3) is 11.0 Å². The number of imidazole rings is 1. The first-order valence-electron chi connectivity index (χ1n) is 18.5. The minimum Gasteiger partial charge on any atom is -0.380 e. The molecule has 278 valence electrons. The molecule has 1 aliphatic carbocycles. The monoisotopic (exact) mass is 743 g/mol. The molecule has 0 aliphatic heterocycles. The normalized spacial score (nSPS) is 14.8. The van der Waals surface area contributed by atoms with Crippen LogP contribution in [0.5, 0.6) is 0 Å². The summed E-state index contributed by atoms with van der Waals surface area (Å²) in [5.41, 5.74) is 5.49. The summed E-state index contributed by atoms with van der Waals surface area (Å²) in [6.07, 6.45) is 17.5. The average Bonchev–Trinajstić information content (AvgIpc) is 3.26. The van der Waals surface area contributed by atoms with Gasteiger partial charge in [0.15, 0.2) is 0 Å². The fraction of sp³-hybridized carbons (Fsp3) is 0.429. The van der Waals surface area contributed by atoms with Crippen molar-refractivity contribution in [3.05, 3.63) is 125 Å². The van der Waals surface area contributed by atoms with Crippen LogP contribution < -0.4 is 0 Å². The van der Waals surface area contributed by atoms with Crippen LogP contribution in [0.3, 0.4) is 0 Å². The van der Waals surface area contributed by atoms with E-state index < -0.39 is 10.0 Å². The molecule has 52 heavy (non-hydrogen) atoms. The van der Waals surface area contributed by atoms with Gasteiger partial charge in [-0.1, -0.05) is 85.7 Å². The van der Waals surface area contributed by atoms with Gasteiger partial charge in [0, 0.05) is 42.9 Å². The highest BCUT2D eigenvalue weighted by atomic mass is 35.5. The Hall–Kier alpha value is -3.60. The summed E-state index contributed by atoms with van der Waals surface area (Å²) in [6.45, 7) is 11.8. The van der Waals surface area contributed by atoms with Crippen molar-refractivity contribution in [2.75, 3.05) is 39.9 Å². The minimum atomic E-state index is -3.80. The maximum Gasteiger partial charge on any atom is 0.243 e. The van der Waals surface area contributed by atoms with Crippen LogP contribution >= 0.6 is 11.6 Å². The molecule has 0 radical (unpaired) electrons. The van der Waals surface area contributed by atoms with Gasteiger partial charge in [-0.05, 0) is 107 Å². The Morgan fingerprint density at radius 3 is 2.48 bits per heavy atom. The second-order valence-corrected chi connectivity index (χ2v) is 16.4. The summed E-state index contributed by atoms with van der Waals surface area (Å²) >= 11 is 6.24. The molecule has 0 amide bonds. The number of aryl methyl sites for hydroxylation is 1. The van der Waals surface area contributed by atoms with E-state index in [1.807, 2.05) is 44.2 Å². The van der Waals surface area contributed by atoms with Crippen molar-refractivity contribution in [2.45, 2.75) is 76.8 Å². The van der Waals surface area contributed by atoms with E-state index in [2.05, 4.69) is 82.8 Å². The van der Waals surface area contributed by atoms with Crippen molar-refractivity contribution in [3.63, 3.8) is 0 Å². The van der Waals surface area contributed by atoms with Crippen molar-refractivity contribution < 1.29 is 13.2 Å². The van der Waals surface area contributed by atoms with Gasteiger partial charge in [0.25, 0.3) is 0 Å². The number of sulfonamides is 1. The van der Waals surface area contributed by atoms with Crippen molar-refractivity contribution >= 4 is 32.7 Å². The number of halogens is 1. The summed E-state index contributed by atoms with van der Waals surface area (Å²) in [6, 6.07) is 17.2. The number of hydrogen-bond acceptors (Lipinski definition) is 6. The van der Waals surface area contributed by atoms with Crippen molar-refractivity contribution in [1.29, 1.82) is 0 Å². The second kappa shape index (κ2) is 18.9. The first kappa shape index (κ1) is 39.6. The Balaban J connectivity index is 1.29. The number of pyridine rings is 1. The van der Waals surface area contributed by atoms with E-state index in [0.717, 1.165) is 59.8 Å². The number of allylic oxidation sites excluding steroid dienone is 6. The second-order valence-electron chi connectivity index (χ2n) is 14.1. The topological polar surface area (TPSA) is 80.6 Å². The maximum absolute atomic E-state index is 14.5. The molecule has 10 heteroatoms. The summed E-state index contributed by atoms with van der Waals surface area (Å²) in [5, 5.41) is 0.737. The van der Waals surface area contributed by atoms with Crippen LogP contribution in [0.1, 0.15) is 69.3 Å². The Morgan fingerprint density at radius 1 is 0.981 bits per heavy atom. The van der Waals surface area contributed by atoms with Gasteiger partial charge in [-0.2, -0.15) is 4.31 Å². The zero-order valence-corrected chi connectivity index (χ0v) is 32.9.